The molecule has 1 fully saturated rings. The van der Waals surface area contributed by atoms with E-state index in [0.29, 0.717) is 11.8 Å². The van der Waals surface area contributed by atoms with E-state index in [9.17, 15) is 0 Å². The number of halogens is 1. The average molecular weight is 344 g/mol. The molecule has 1 aliphatic heterocycles. The molecule has 0 spiro atoms. The van der Waals surface area contributed by atoms with Crippen molar-refractivity contribution in [1.82, 2.24) is 5.32 Å². The Labute approximate surface area is 135 Å². The third-order valence-corrected chi connectivity index (χ3v) is 5.34. The summed E-state index contributed by atoms with van der Waals surface area (Å²) in [5.41, 5.74) is 4.48. The SMILES string of the molecule is CCc1ccccc1C1CCNCC1c1ccccc1Br. The summed E-state index contributed by atoms with van der Waals surface area (Å²) in [5.74, 6) is 1.16. The molecule has 2 atom stereocenters. The lowest BCUT2D eigenvalue weighted by atomic mass is 9.76. The number of piperidine rings is 1. The molecule has 1 saturated heterocycles. The lowest BCUT2D eigenvalue weighted by Gasteiger charge is -2.34. The third kappa shape index (κ3) is 3.07. The van der Waals surface area contributed by atoms with E-state index < -0.39 is 0 Å². The van der Waals surface area contributed by atoms with Crippen LogP contribution in [0.5, 0.6) is 0 Å². The fraction of sp³-hybridized carbons (Fsp3) is 0.368. The summed E-state index contributed by atoms with van der Waals surface area (Å²) in [7, 11) is 0. The molecule has 0 aliphatic carbocycles. The zero-order valence-corrected chi connectivity index (χ0v) is 14.1. The minimum Gasteiger partial charge on any atom is -0.316 e. The van der Waals surface area contributed by atoms with Crippen molar-refractivity contribution < 1.29 is 0 Å². The number of aryl methyl sites for hydroxylation is 1. The van der Waals surface area contributed by atoms with Gasteiger partial charge in [0.25, 0.3) is 0 Å². The van der Waals surface area contributed by atoms with E-state index in [-0.39, 0.29) is 0 Å². The van der Waals surface area contributed by atoms with Crippen molar-refractivity contribution >= 4 is 15.9 Å². The first-order chi connectivity index (χ1) is 10.3. The topological polar surface area (TPSA) is 12.0 Å². The van der Waals surface area contributed by atoms with E-state index in [0.717, 1.165) is 19.5 Å². The molecule has 110 valence electrons. The Bertz CT molecular complexity index is 608. The van der Waals surface area contributed by atoms with Gasteiger partial charge in [-0.2, -0.15) is 0 Å². The molecular formula is C19H22BrN. The van der Waals surface area contributed by atoms with Crippen molar-refractivity contribution in [1.29, 1.82) is 0 Å². The highest BCUT2D eigenvalue weighted by molar-refractivity contribution is 9.10. The first-order valence-corrected chi connectivity index (χ1v) is 8.63. The second-order valence-electron chi connectivity index (χ2n) is 5.78. The molecule has 2 aromatic carbocycles. The van der Waals surface area contributed by atoms with Crippen molar-refractivity contribution in [3.8, 4) is 0 Å². The van der Waals surface area contributed by atoms with Crippen molar-refractivity contribution in [2.45, 2.75) is 31.6 Å². The summed E-state index contributed by atoms with van der Waals surface area (Å²) < 4.78 is 1.23. The molecule has 3 rings (SSSR count). The molecule has 2 heteroatoms. The lowest BCUT2D eigenvalue weighted by molar-refractivity contribution is 0.401. The summed E-state index contributed by atoms with van der Waals surface area (Å²) in [4.78, 5) is 0. The van der Waals surface area contributed by atoms with Crippen LogP contribution in [-0.4, -0.2) is 13.1 Å². The van der Waals surface area contributed by atoms with Crippen LogP contribution in [0.4, 0.5) is 0 Å². The highest BCUT2D eigenvalue weighted by Gasteiger charge is 2.29. The van der Waals surface area contributed by atoms with Gasteiger partial charge in [-0.15, -0.1) is 0 Å². The fourth-order valence-electron chi connectivity index (χ4n) is 3.55. The Balaban J connectivity index is 2.01. The monoisotopic (exact) mass is 343 g/mol. The lowest BCUT2D eigenvalue weighted by Crippen LogP contribution is -2.34. The number of nitrogens with one attached hydrogen (secondary N) is 1. The van der Waals surface area contributed by atoms with Crippen LogP contribution in [0, 0.1) is 0 Å². The average Bonchev–Trinajstić information content (AvgIpc) is 2.55. The van der Waals surface area contributed by atoms with Crippen molar-refractivity contribution in [2.24, 2.45) is 0 Å². The Morgan fingerprint density at radius 3 is 2.48 bits per heavy atom. The number of hydrogen-bond donors (Lipinski definition) is 1. The first kappa shape index (κ1) is 14.8. The molecule has 1 aliphatic rings. The Hall–Kier alpha value is -1.12. The maximum atomic E-state index is 3.74. The number of rotatable bonds is 3. The fourth-order valence-corrected chi connectivity index (χ4v) is 4.13. The van der Waals surface area contributed by atoms with Gasteiger partial charge in [-0.05, 0) is 48.1 Å². The number of hydrogen-bond acceptors (Lipinski definition) is 1. The summed E-state index contributed by atoms with van der Waals surface area (Å²) in [6.45, 7) is 4.43. The molecule has 0 radical (unpaired) electrons. The second kappa shape index (κ2) is 6.76. The maximum Gasteiger partial charge on any atom is 0.0210 e. The Kier molecular flexibility index (Phi) is 4.77. The van der Waals surface area contributed by atoms with Gasteiger partial charge in [-0.1, -0.05) is 65.3 Å². The van der Waals surface area contributed by atoms with Gasteiger partial charge in [0.2, 0.25) is 0 Å². The molecule has 21 heavy (non-hydrogen) atoms. The van der Waals surface area contributed by atoms with Crippen LogP contribution in [0.15, 0.2) is 53.0 Å². The zero-order valence-electron chi connectivity index (χ0n) is 12.5. The van der Waals surface area contributed by atoms with Gasteiger partial charge >= 0.3 is 0 Å². The van der Waals surface area contributed by atoms with Crippen LogP contribution in [0.1, 0.15) is 41.9 Å². The molecule has 1 nitrogen and oxygen atoms in total. The van der Waals surface area contributed by atoms with Gasteiger partial charge in [0.1, 0.15) is 0 Å². The molecule has 2 aromatic rings. The largest absolute Gasteiger partial charge is 0.316 e. The second-order valence-corrected chi connectivity index (χ2v) is 6.63. The number of benzene rings is 2. The summed E-state index contributed by atoms with van der Waals surface area (Å²) >= 11 is 3.74. The molecule has 0 bridgehead atoms. The van der Waals surface area contributed by atoms with Gasteiger partial charge in [0.15, 0.2) is 0 Å². The standard InChI is InChI=1S/C19H22BrN/c1-2-14-7-3-4-8-15(14)16-11-12-21-13-18(16)17-9-5-6-10-19(17)20/h3-10,16,18,21H,2,11-13H2,1H3. The van der Waals surface area contributed by atoms with E-state index in [2.05, 4.69) is 76.7 Å². The van der Waals surface area contributed by atoms with Gasteiger partial charge in [-0.3, -0.25) is 0 Å². The Morgan fingerprint density at radius 2 is 1.71 bits per heavy atom. The highest BCUT2D eigenvalue weighted by atomic mass is 79.9. The van der Waals surface area contributed by atoms with Gasteiger partial charge in [0, 0.05) is 16.9 Å². The quantitative estimate of drug-likeness (QED) is 0.837. The minimum absolute atomic E-state index is 0.544. The van der Waals surface area contributed by atoms with Crippen LogP contribution in [0.3, 0.4) is 0 Å². The van der Waals surface area contributed by atoms with Crippen LogP contribution in [0.25, 0.3) is 0 Å². The molecule has 2 unspecified atom stereocenters. The highest BCUT2D eigenvalue weighted by Crippen LogP contribution is 2.41. The summed E-state index contributed by atoms with van der Waals surface area (Å²) in [5, 5.41) is 3.58. The summed E-state index contributed by atoms with van der Waals surface area (Å²) in [6.07, 6.45) is 2.33. The molecule has 1 N–H and O–H groups in total. The summed E-state index contributed by atoms with van der Waals surface area (Å²) in [6, 6.07) is 17.6. The normalized spacial score (nSPS) is 22.2. The molecule has 0 amide bonds. The van der Waals surface area contributed by atoms with E-state index in [1.165, 1.54) is 22.0 Å². The van der Waals surface area contributed by atoms with Crippen molar-refractivity contribution in [3.63, 3.8) is 0 Å². The van der Waals surface area contributed by atoms with Gasteiger partial charge in [0.05, 0.1) is 0 Å². The zero-order chi connectivity index (χ0) is 14.7. The molecular weight excluding hydrogens is 322 g/mol. The molecule has 0 saturated carbocycles. The Morgan fingerprint density at radius 1 is 1.00 bits per heavy atom. The maximum absolute atomic E-state index is 3.74. The van der Waals surface area contributed by atoms with E-state index in [4.69, 9.17) is 0 Å². The minimum atomic E-state index is 0.544. The third-order valence-electron chi connectivity index (χ3n) is 4.62. The van der Waals surface area contributed by atoms with Crippen LogP contribution >= 0.6 is 15.9 Å². The van der Waals surface area contributed by atoms with Crippen LogP contribution in [-0.2, 0) is 6.42 Å². The predicted octanol–water partition coefficient (Wildman–Crippen LogP) is 4.87. The van der Waals surface area contributed by atoms with Gasteiger partial charge < -0.3 is 5.32 Å². The van der Waals surface area contributed by atoms with Crippen molar-refractivity contribution in [2.75, 3.05) is 13.1 Å². The van der Waals surface area contributed by atoms with Crippen molar-refractivity contribution in [3.05, 3.63) is 69.7 Å². The van der Waals surface area contributed by atoms with Crippen LogP contribution in [0.2, 0.25) is 0 Å². The van der Waals surface area contributed by atoms with E-state index >= 15 is 0 Å². The molecule has 1 heterocycles. The molecule has 0 aromatic heterocycles. The van der Waals surface area contributed by atoms with E-state index in [1.54, 1.807) is 5.56 Å². The smallest absolute Gasteiger partial charge is 0.0210 e. The predicted molar refractivity (Wildman–Crippen MR) is 92.9 cm³/mol. The van der Waals surface area contributed by atoms with E-state index in [1.807, 2.05) is 0 Å². The first-order valence-electron chi connectivity index (χ1n) is 7.84. The van der Waals surface area contributed by atoms with Gasteiger partial charge in [-0.25, -0.2) is 0 Å². The van der Waals surface area contributed by atoms with Crippen LogP contribution < -0.4 is 5.32 Å².